The number of carbonyl (C=O) groups is 1. The number of amides is 1. The van der Waals surface area contributed by atoms with Gasteiger partial charge in [0.25, 0.3) is 15.9 Å². The zero-order chi connectivity index (χ0) is 23.1. The molecule has 3 rings (SSSR count). The van der Waals surface area contributed by atoms with Crippen LogP contribution < -0.4 is 19.5 Å². The van der Waals surface area contributed by atoms with Crippen molar-refractivity contribution in [3.63, 3.8) is 0 Å². The Balaban J connectivity index is 1.65. The number of methoxy groups -OCH3 is 1. The van der Waals surface area contributed by atoms with Crippen molar-refractivity contribution in [2.75, 3.05) is 17.1 Å². The van der Waals surface area contributed by atoms with E-state index >= 15 is 0 Å². The van der Waals surface area contributed by atoms with Crippen LogP contribution in [0, 0.1) is 0 Å². The Morgan fingerprint density at radius 2 is 1.62 bits per heavy atom. The van der Waals surface area contributed by atoms with Crippen LogP contribution in [-0.4, -0.2) is 27.5 Å². The third-order valence-electron chi connectivity index (χ3n) is 4.51. The van der Waals surface area contributed by atoms with Gasteiger partial charge in [-0.3, -0.25) is 9.52 Å². The molecule has 7 nitrogen and oxygen atoms in total. The molecule has 0 aliphatic carbocycles. The van der Waals surface area contributed by atoms with Gasteiger partial charge in [-0.25, -0.2) is 8.42 Å². The molecule has 0 radical (unpaired) electrons. The van der Waals surface area contributed by atoms with Crippen LogP contribution in [0.15, 0.2) is 77.7 Å². The normalized spacial score (nSPS) is 12.0. The number of nitrogens with one attached hydrogen (secondary N) is 2. The van der Waals surface area contributed by atoms with Crippen molar-refractivity contribution in [1.82, 2.24) is 0 Å². The molecule has 0 bridgehead atoms. The smallest absolute Gasteiger partial charge is 0.265 e. The Morgan fingerprint density at radius 1 is 0.969 bits per heavy atom. The van der Waals surface area contributed by atoms with Gasteiger partial charge in [-0.1, -0.05) is 24.6 Å². The van der Waals surface area contributed by atoms with Gasteiger partial charge >= 0.3 is 0 Å². The predicted molar refractivity (Wildman–Crippen MR) is 125 cm³/mol. The number of anilines is 2. The van der Waals surface area contributed by atoms with Gasteiger partial charge < -0.3 is 14.8 Å². The molecule has 0 spiro atoms. The summed E-state index contributed by atoms with van der Waals surface area (Å²) >= 11 is 5.90. The lowest BCUT2D eigenvalue weighted by Crippen LogP contribution is -2.32. The third-order valence-corrected chi connectivity index (χ3v) is 6.14. The highest BCUT2D eigenvalue weighted by atomic mass is 35.5. The second-order valence-corrected chi connectivity index (χ2v) is 8.94. The lowest BCUT2D eigenvalue weighted by molar-refractivity contribution is -0.122. The first-order chi connectivity index (χ1) is 15.3. The molecule has 0 aliphatic heterocycles. The van der Waals surface area contributed by atoms with E-state index in [2.05, 4.69) is 10.0 Å². The van der Waals surface area contributed by atoms with Crippen LogP contribution in [0.4, 0.5) is 11.4 Å². The minimum Gasteiger partial charge on any atom is -0.497 e. The highest BCUT2D eigenvalue weighted by Crippen LogP contribution is 2.22. The van der Waals surface area contributed by atoms with Crippen LogP contribution in [0.5, 0.6) is 11.5 Å². The monoisotopic (exact) mass is 474 g/mol. The Bertz CT molecular complexity index is 1170. The largest absolute Gasteiger partial charge is 0.497 e. The van der Waals surface area contributed by atoms with Crippen molar-refractivity contribution in [3.05, 3.63) is 77.8 Å². The van der Waals surface area contributed by atoms with Gasteiger partial charge in [-0.15, -0.1) is 0 Å². The topological polar surface area (TPSA) is 93.7 Å². The molecule has 0 aromatic heterocycles. The van der Waals surface area contributed by atoms with E-state index in [9.17, 15) is 13.2 Å². The van der Waals surface area contributed by atoms with Gasteiger partial charge in [0.05, 0.1) is 17.7 Å². The molecular weight excluding hydrogens is 452 g/mol. The van der Waals surface area contributed by atoms with Crippen LogP contribution in [0.2, 0.25) is 5.02 Å². The van der Waals surface area contributed by atoms with Crippen LogP contribution in [-0.2, 0) is 14.8 Å². The molecule has 0 saturated carbocycles. The molecule has 0 aliphatic rings. The number of carbonyl (C=O) groups excluding carboxylic acids is 1. The molecule has 1 amide bonds. The van der Waals surface area contributed by atoms with Crippen LogP contribution >= 0.6 is 11.6 Å². The molecule has 3 aromatic rings. The zero-order valence-electron chi connectivity index (χ0n) is 17.5. The number of rotatable bonds is 9. The second kappa shape index (κ2) is 10.4. The molecule has 0 fully saturated rings. The van der Waals surface area contributed by atoms with E-state index in [-0.39, 0.29) is 10.8 Å². The first-order valence-corrected chi connectivity index (χ1v) is 11.7. The van der Waals surface area contributed by atoms with Crippen molar-refractivity contribution in [2.45, 2.75) is 24.3 Å². The first-order valence-electron chi connectivity index (χ1n) is 9.81. The Morgan fingerprint density at radius 3 is 2.22 bits per heavy atom. The summed E-state index contributed by atoms with van der Waals surface area (Å²) in [5, 5.41) is 3.17. The summed E-state index contributed by atoms with van der Waals surface area (Å²) in [5.74, 6) is 0.895. The minimum atomic E-state index is -3.80. The van der Waals surface area contributed by atoms with Gasteiger partial charge in [0, 0.05) is 10.7 Å². The first kappa shape index (κ1) is 23.4. The maximum atomic E-state index is 12.6. The van der Waals surface area contributed by atoms with Gasteiger partial charge in [0.1, 0.15) is 11.5 Å². The lowest BCUT2D eigenvalue weighted by atomic mass is 10.2. The molecule has 9 heteroatoms. The average molecular weight is 475 g/mol. The molecule has 168 valence electrons. The predicted octanol–water partition coefficient (Wildman–Crippen LogP) is 4.95. The molecule has 2 N–H and O–H groups in total. The fourth-order valence-corrected chi connectivity index (χ4v) is 4.09. The molecular formula is C23H23ClN2O5S. The summed E-state index contributed by atoms with van der Waals surface area (Å²) in [6.07, 6.45) is -0.259. The van der Waals surface area contributed by atoms with E-state index in [1.807, 2.05) is 6.92 Å². The van der Waals surface area contributed by atoms with Crippen molar-refractivity contribution >= 4 is 38.9 Å². The number of hydrogen-bond acceptors (Lipinski definition) is 5. The van der Waals surface area contributed by atoms with Crippen molar-refractivity contribution in [3.8, 4) is 11.5 Å². The van der Waals surface area contributed by atoms with Gasteiger partial charge in [-0.2, -0.15) is 0 Å². The molecule has 0 unspecified atom stereocenters. The van der Waals surface area contributed by atoms with Gasteiger partial charge in [0.2, 0.25) is 0 Å². The minimum absolute atomic E-state index is 0.0528. The van der Waals surface area contributed by atoms with E-state index in [1.54, 1.807) is 49.6 Å². The summed E-state index contributed by atoms with van der Waals surface area (Å²) < 4.78 is 38.5. The summed E-state index contributed by atoms with van der Waals surface area (Å²) in [7, 11) is -2.23. The average Bonchev–Trinajstić information content (AvgIpc) is 2.78. The highest BCUT2D eigenvalue weighted by molar-refractivity contribution is 7.92. The summed E-state index contributed by atoms with van der Waals surface area (Å²) in [6.45, 7) is 1.84. The van der Waals surface area contributed by atoms with Crippen molar-refractivity contribution < 1.29 is 22.7 Å². The van der Waals surface area contributed by atoms with E-state index in [4.69, 9.17) is 21.1 Å². The van der Waals surface area contributed by atoms with E-state index in [1.165, 1.54) is 30.3 Å². The number of halogens is 1. The summed E-state index contributed by atoms with van der Waals surface area (Å²) in [4.78, 5) is 12.7. The lowest BCUT2D eigenvalue weighted by Gasteiger charge is -2.17. The van der Waals surface area contributed by atoms with Crippen LogP contribution in [0.3, 0.4) is 0 Å². The fourth-order valence-electron chi connectivity index (χ4n) is 2.85. The summed E-state index contributed by atoms with van der Waals surface area (Å²) in [6, 6.07) is 19.2. The van der Waals surface area contributed by atoms with E-state index < -0.39 is 16.1 Å². The van der Waals surface area contributed by atoms with E-state index in [0.717, 1.165) is 0 Å². The Hall–Kier alpha value is -3.23. The van der Waals surface area contributed by atoms with Gasteiger partial charge in [0.15, 0.2) is 6.10 Å². The molecule has 0 heterocycles. The number of hydrogen-bond donors (Lipinski definition) is 2. The number of benzene rings is 3. The second-order valence-electron chi connectivity index (χ2n) is 6.82. The quantitative estimate of drug-likeness (QED) is 0.458. The van der Waals surface area contributed by atoms with E-state index in [0.29, 0.717) is 34.3 Å². The maximum absolute atomic E-state index is 12.6. The molecule has 32 heavy (non-hydrogen) atoms. The SMILES string of the molecule is CC[C@@H](Oc1ccc(OC)cc1)C(=O)Nc1ccc(S(=O)(=O)Nc2cccc(Cl)c2)cc1. The Labute approximate surface area is 192 Å². The van der Waals surface area contributed by atoms with Crippen LogP contribution in [0.1, 0.15) is 13.3 Å². The third kappa shape index (κ3) is 6.15. The van der Waals surface area contributed by atoms with Crippen LogP contribution in [0.25, 0.3) is 0 Å². The molecule has 3 aromatic carbocycles. The summed E-state index contributed by atoms with van der Waals surface area (Å²) in [5.41, 5.74) is 0.810. The van der Waals surface area contributed by atoms with Crippen molar-refractivity contribution in [1.29, 1.82) is 0 Å². The zero-order valence-corrected chi connectivity index (χ0v) is 19.1. The highest BCUT2D eigenvalue weighted by Gasteiger charge is 2.19. The molecule has 1 atom stereocenters. The standard InChI is InChI=1S/C23H23ClN2O5S/c1-3-22(31-20-11-9-19(30-2)10-12-20)23(27)25-17-7-13-21(14-8-17)32(28,29)26-18-6-4-5-16(24)15-18/h4-15,22,26H,3H2,1-2H3,(H,25,27)/t22-/m1/s1. The van der Waals surface area contributed by atoms with Gasteiger partial charge in [-0.05, 0) is 73.2 Å². The van der Waals surface area contributed by atoms with Crippen molar-refractivity contribution in [2.24, 2.45) is 0 Å². The number of sulfonamides is 1. The molecule has 0 saturated heterocycles. The number of ether oxygens (including phenoxy) is 2. The fraction of sp³-hybridized carbons (Fsp3) is 0.174. The Kier molecular flexibility index (Phi) is 7.61. The maximum Gasteiger partial charge on any atom is 0.265 e.